The minimum Gasteiger partial charge on any atom is -0.295 e. The van der Waals surface area contributed by atoms with Gasteiger partial charge in [-0.3, -0.25) is 14.5 Å². The predicted octanol–water partition coefficient (Wildman–Crippen LogP) is 5.96. The Morgan fingerprint density at radius 1 is 0.867 bits per heavy atom. The molecule has 0 saturated carbocycles. The second-order valence-electron chi connectivity index (χ2n) is 7.38. The summed E-state index contributed by atoms with van der Waals surface area (Å²) >= 11 is 1.54. The molecule has 1 heterocycles. The Balaban J connectivity index is 1.78. The average molecular weight is 415 g/mol. The highest BCUT2D eigenvalue weighted by molar-refractivity contribution is 7.22. The fraction of sp³-hybridized carbons (Fsp3) is 0.160. The van der Waals surface area contributed by atoms with Gasteiger partial charge in [-0.15, -0.1) is 0 Å². The molecule has 0 N–H and O–H groups in total. The first-order chi connectivity index (χ1) is 14.4. The van der Waals surface area contributed by atoms with Gasteiger partial charge in [0.25, 0.3) is 5.91 Å². The number of rotatable bonds is 5. The third-order valence-corrected chi connectivity index (χ3v) is 6.34. The lowest BCUT2D eigenvalue weighted by atomic mass is 10.1. The summed E-state index contributed by atoms with van der Waals surface area (Å²) in [4.78, 5) is 31.6. The van der Waals surface area contributed by atoms with Crippen molar-refractivity contribution in [3.63, 3.8) is 0 Å². The van der Waals surface area contributed by atoms with Gasteiger partial charge in [-0.1, -0.05) is 65.9 Å². The molecule has 0 fully saturated rings. The maximum atomic E-state index is 13.5. The Morgan fingerprint density at radius 2 is 1.50 bits per heavy atom. The molecule has 0 atom stereocenters. The van der Waals surface area contributed by atoms with Crippen molar-refractivity contribution in [2.75, 3.05) is 4.90 Å². The van der Waals surface area contributed by atoms with Gasteiger partial charge in [-0.05, 0) is 49.6 Å². The standard InChI is InChI=1S/C25H22N2O2S/c1-16-9-10-17(2)23-22(16)26-25(30-23)27(15-19-7-5-4-6-8-19)24(29)21-13-11-20(12-14-21)18(3)28/h4-14H,15H2,1-3H3. The topological polar surface area (TPSA) is 50.3 Å². The molecular weight excluding hydrogens is 392 g/mol. The monoisotopic (exact) mass is 414 g/mol. The maximum absolute atomic E-state index is 13.5. The number of nitrogens with zero attached hydrogens (tertiary/aromatic N) is 2. The van der Waals surface area contributed by atoms with Gasteiger partial charge in [0.15, 0.2) is 10.9 Å². The van der Waals surface area contributed by atoms with E-state index in [1.54, 1.807) is 29.2 Å². The lowest BCUT2D eigenvalue weighted by Crippen LogP contribution is -2.30. The molecule has 0 radical (unpaired) electrons. The van der Waals surface area contributed by atoms with Gasteiger partial charge < -0.3 is 0 Å². The molecule has 4 rings (SSSR count). The van der Waals surface area contributed by atoms with Crippen molar-refractivity contribution in [3.8, 4) is 0 Å². The van der Waals surface area contributed by atoms with Crippen LogP contribution < -0.4 is 4.90 Å². The van der Waals surface area contributed by atoms with Crippen LogP contribution in [0.1, 0.15) is 44.3 Å². The molecule has 1 aromatic heterocycles. The Bertz CT molecular complexity index is 1190. The van der Waals surface area contributed by atoms with Crippen molar-refractivity contribution >= 4 is 38.4 Å². The summed E-state index contributed by atoms with van der Waals surface area (Å²) in [6, 6.07) is 20.9. The summed E-state index contributed by atoms with van der Waals surface area (Å²) in [6.45, 7) is 6.04. The van der Waals surface area contributed by atoms with Crippen molar-refractivity contribution in [1.29, 1.82) is 0 Å². The molecular formula is C25H22N2O2S. The van der Waals surface area contributed by atoms with E-state index in [1.807, 2.05) is 37.3 Å². The van der Waals surface area contributed by atoms with Crippen LogP contribution in [0.25, 0.3) is 10.2 Å². The zero-order valence-corrected chi connectivity index (χ0v) is 18.0. The minimum absolute atomic E-state index is 0.0211. The smallest absolute Gasteiger partial charge is 0.260 e. The SMILES string of the molecule is CC(=O)c1ccc(C(=O)N(Cc2ccccc2)c2nc3c(C)ccc(C)c3s2)cc1. The molecule has 4 aromatic rings. The van der Waals surface area contributed by atoms with Crippen LogP contribution in [0, 0.1) is 13.8 Å². The van der Waals surface area contributed by atoms with Gasteiger partial charge in [-0.25, -0.2) is 4.98 Å². The summed E-state index contributed by atoms with van der Waals surface area (Å²) in [6.07, 6.45) is 0. The van der Waals surface area contributed by atoms with Gasteiger partial charge in [0, 0.05) is 11.1 Å². The van der Waals surface area contributed by atoms with Gasteiger partial charge in [0.2, 0.25) is 0 Å². The second kappa shape index (κ2) is 8.20. The highest BCUT2D eigenvalue weighted by atomic mass is 32.1. The summed E-state index contributed by atoms with van der Waals surface area (Å²) in [5.74, 6) is -0.157. The lowest BCUT2D eigenvalue weighted by Gasteiger charge is -2.20. The van der Waals surface area contributed by atoms with Gasteiger partial charge in [0.1, 0.15) is 0 Å². The average Bonchev–Trinajstić information content (AvgIpc) is 3.21. The molecule has 0 aliphatic carbocycles. The van der Waals surface area contributed by atoms with Crippen molar-refractivity contribution < 1.29 is 9.59 Å². The number of thiazole rings is 1. The second-order valence-corrected chi connectivity index (χ2v) is 8.36. The summed E-state index contributed by atoms with van der Waals surface area (Å²) in [5.41, 5.74) is 5.33. The van der Waals surface area contributed by atoms with E-state index in [1.165, 1.54) is 18.3 Å². The first kappa shape index (κ1) is 20.0. The molecule has 1 amide bonds. The van der Waals surface area contributed by atoms with Crippen molar-refractivity contribution in [3.05, 3.63) is 94.5 Å². The number of benzene rings is 3. The lowest BCUT2D eigenvalue weighted by molar-refractivity contribution is 0.0981. The van der Waals surface area contributed by atoms with E-state index in [-0.39, 0.29) is 11.7 Å². The number of amides is 1. The number of aryl methyl sites for hydroxylation is 2. The van der Waals surface area contributed by atoms with Crippen LogP contribution >= 0.6 is 11.3 Å². The highest BCUT2D eigenvalue weighted by Crippen LogP contribution is 2.34. The number of anilines is 1. The summed E-state index contributed by atoms with van der Waals surface area (Å²) in [5, 5.41) is 0.673. The number of carbonyl (C=O) groups is 2. The highest BCUT2D eigenvalue weighted by Gasteiger charge is 2.23. The molecule has 0 unspecified atom stereocenters. The third-order valence-electron chi connectivity index (χ3n) is 5.13. The van der Waals surface area contributed by atoms with Crippen LogP contribution in [0.15, 0.2) is 66.7 Å². The summed E-state index contributed by atoms with van der Waals surface area (Å²) in [7, 11) is 0. The molecule has 0 aliphatic heterocycles. The first-order valence-electron chi connectivity index (χ1n) is 9.77. The maximum Gasteiger partial charge on any atom is 0.260 e. The van der Waals surface area contributed by atoms with Gasteiger partial charge in [0.05, 0.1) is 16.8 Å². The van der Waals surface area contributed by atoms with E-state index >= 15 is 0 Å². The molecule has 0 spiro atoms. The third kappa shape index (κ3) is 3.89. The normalized spacial score (nSPS) is 10.9. The van der Waals surface area contributed by atoms with E-state index < -0.39 is 0 Å². The molecule has 30 heavy (non-hydrogen) atoms. The molecule has 3 aromatic carbocycles. The van der Waals surface area contributed by atoms with Crippen LogP contribution in [0.4, 0.5) is 5.13 Å². The number of fused-ring (bicyclic) bond motifs is 1. The number of Topliss-reactive ketones (excluding diaryl/α,β-unsaturated/α-hetero) is 1. The number of hydrogen-bond donors (Lipinski definition) is 0. The zero-order chi connectivity index (χ0) is 21.3. The Labute approximate surface area is 179 Å². The quantitative estimate of drug-likeness (QED) is 0.379. The zero-order valence-electron chi connectivity index (χ0n) is 17.2. The Morgan fingerprint density at radius 3 is 2.13 bits per heavy atom. The number of carbonyl (C=O) groups excluding carboxylic acids is 2. The number of ketones is 1. The Hall–Kier alpha value is -3.31. The minimum atomic E-state index is -0.136. The van der Waals surface area contributed by atoms with Gasteiger partial charge >= 0.3 is 0 Å². The number of hydrogen-bond acceptors (Lipinski definition) is 4. The molecule has 5 heteroatoms. The molecule has 4 nitrogen and oxygen atoms in total. The first-order valence-corrected chi connectivity index (χ1v) is 10.6. The van der Waals surface area contributed by atoms with Gasteiger partial charge in [-0.2, -0.15) is 0 Å². The van der Waals surface area contributed by atoms with Crippen LogP contribution in [0.2, 0.25) is 0 Å². The fourth-order valence-electron chi connectivity index (χ4n) is 3.36. The van der Waals surface area contributed by atoms with Crippen molar-refractivity contribution in [2.45, 2.75) is 27.3 Å². The van der Waals surface area contributed by atoms with E-state index in [0.717, 1.165) is 26.9 Å². The van der Waals surface area contributed by atoms with E-state index in [0.29, 0.717) is 22.8 Å². The van der Waals surface area contributed by atoms with Crippen molar-refractivity contribution in [2.24, 2.45) is 0 Å². The summed E-state index contributed by atoms with van der Waals surface area (Å²) < 4.78 is 1.10. The predicted molar refractivity (Wildman–Crippen MR) is 122 cm³/mol. The molecule has 0 aliphatic rings. The number of aromatic nitrogens is 1. The van der Waals surface area contributed by atoms with E-state index in [2.05, 4.69) is 19.1 Å². The van der Waals surface area contributed by atoms with Crippen LogP contribution in [-0.2, 0) is 6.54 Å². The van der Waals surface area contributed by atoms with Crippen molar-refractivity contribution in [1.82, 2.24) is 4.98 Å². The van der Waals surface area contributed by atoms with Crippen LogP contribution in [-0.4, -0.2) is 16.7 Å². The largest absolute Gasteiger partial charge is 0.295 e. The van der Waals surface area contributed by atoms with Crippen LogP contribution in [0.5, 0.6) is 0 Å². The van der Waals surface area contributed by atoms with E-state index in [9.17, 15) is 9.59 Å². The van der Waals surface area contributed by atoms with E-state index in [4.69, 9.17) is 4.98 Å². The fourth-order valence-corrected chi connectivity index (χ4v) is 4.47. The molecule has 0 bridgehead atoms. The molecule has 150 valence electrons. The van der Waals surface area contributed by atoms with Crippen LogP contribution in [0.3, 0.4) is 0 Å². The molecule has 0 saturated heterocycles. The Kier molecular flexibility index (Phi) is 5.46.